The van der Waals surface area contributed by atoms with Crippen LogP contribution in [0.15, 0.2) is 24.4 Å². The zero-order chi connectivity index (χ0) is 10.8. The normalized spacial score (nSPS) is 9.93. The third-order valence-corrected chi connectivity index (χ3v) is 2.33. The molecule has 4 nitrogen and oxygen atoms in total. The average molecular weight is 219 g/mol. The monoisotopic (exact) mass is 218 g/mol. The second-order valence-corrected chi connectivity index (χ2v) is 3.32. The lowest BCUT2D eigenvalue weighted by Crippen LogP contribution is -1.98. The Hall–Kier alpha value is -1.86. The Kier molecular flexibility index (Phi) is 2.40. The van der Waals surface area contributed by atoms with Crippen molar-refractivity contribution in [2.45, 2.75) is 6.92 Å². The second-order valence-electron chi connectivity index (χ2n) is 2.96. The van der Waals surface area contributed by atoms with Crippen molar-refractivity contribution in [1.82, 2.24) is 14.8 Å². The molecule has 5 heteroatoms. The van der Waals surface area contributed by atoms with E-state index < -0.39 is 0 Å². The van der Waals surface area contributed by atoms with Crippen LogP contribution < -0.4 is 0 Å². The standard InChI is InChI=1S/C10H7ClN4/c1-7-8(6-12)10(11)15(14-7)9-4-2-3-5-13-9/h2-5H,1H3. The fourth-order valence-corrected chi connectivity index (χ4v) is 1.56. The van der Waals surface area contributed by atoms with Gasteiger partial charge in [-0.2, -0.15) is 10.4 Å². The summed E-state index contributed by atoms with van der Waals surface area (Å²) >= 11 is 6.00. The van der Waals surface area contributed by atoms with Gasteiger partial charge in [0.15, 0.2) is 11.0 Å². The number of pyridine rings is 1. The lowest BCUT2D eigenvalue weighted by molar-refractivity contribution is 0.833. The number of aromatic nitrogens is 3. The van der Waals surface area contributed by atoms with E-state index in [1.807, 2.05) is 12.1 Å². The van der Waals surface area contributed by atoms with Gasteiger partial charge in [0.05, 0.1) is 5.69 Å². The van der Waals surface area contributed by atoms with Crippen molar-refractivity contribution in [1.29, 1.82) is 5.26 Å². The molecule has 74 valence electrons. The lowest BCUT2D eigenvalue weighted by atomic mass is 10.3. The van der Waals surface area contributed by atoms with Gasteiger partial charge < -0.3 is 0 Å². The Labute approximate surface area is 91.7 Å². The molecule has 0 bridgehead atoms. The first kappa shape index (κ1) is 9.69. The molecule has 0 aliphatic heterocycles. The van der Waals surface area contributed by atoms with Crippen LogP contribution in [-0.4, -0.2) is 14.8 Å². The number of hydrogen-bond donors (Lipinski definition) is 0. The maximum absolute atomic E-state index is 8.85. The van der Waals surface area contributed by atoms with Crippen molar-refractivity contribution in [2.24, 2.45) is 0 Å². The first-order valence-electron chi connectivity index (χ1n) is 4.30. The molecule has 0 aliphatic rings. The van der Waals surface area contributed by atoms with Crippen molar-refractivity contribution in [3.05, 3.63) is 40.8 Å². The minimum absolute atomic E-state index is 0.300. The molecule has 2 aromatic rings. The van der Waals surface area contributed by atoms with Gasteiger partial charge in [-0.15, -0.1) is 0 Å². The van der Waals surface area contributed by atoms with Gasteiger partial charge in [0, 0.05) is 6.20 Å². The highest BCUT2D eigenvalue weighted by molar-refractivity contribution is 6.31. The number of halogens is 1. The topological polar surface area (TPSA) is 54.5 Å². The van der Waals surface area contributed by atoms with Crippen molar-refractivity contribution in [3.63, 3.8) is 0 Å². The molecular formula is C10H7ClN4. The van der Waals surface area contributed by atoms with Gasteiger partial charge in [0.25, 0.3) is 0 Å². The maximum atomic E-state index is 8.85. The summed E-state index contributed by atoms with van der Waals surface area (Å²) in [7, 11) is 0. The Morgan fingerprint density at radius 2 is 2.27 bits per heavy atom. The first-order chi connectivity index (χ1) is 7.24. The Morgan fingerprint density at radius 3 is 2.80 bits per heavy atom. The molecule has 0 N–H and O–H groups in total. The fourth-order valence-electron chi connectivity index (χ4n) is 1.26. The molecule has 0 saturated carbocycles. The summed E-state index contributed by atoms with van der Waals surface area (Å²) in [6.07, 6.45) is 1.65. The summed E-state index contributed by atoms with van der Waals surface area (Å²) in [6, 6.07) is 7.43. The Morgan fingerprint density at radius 1 is 1.47 bits per heavy atom. The van der Waals surface area contributed by atoms with E-state index >= 15 is 0 Å². The van der Waals surface area contributed by atoms with Gasteiger partial charge in [-0.05, 0) is 19.1 Å². The number of hydrogen-bond acceptors (Lipinski definition) is 3. The molecule has 15 heavy (non-hydrogen) atoms. The molecule has 0 spiro atoms. The fraction of sp³-hybridized carbons (Fsp3) is 0.100. The number of rotatable bonds is 1. The molecule has 2 heterocycles. The minimum Gasteiger partial charge on any atom is -0.237 e. The second kappa shape index (κ2) is 3.71. The van der Waals surface area contributed by atoms with Crippen LogP contribution in [0, 0.1) is 18.3 Å². The Balaban J connectivity index is 2.62. The molecule has 0 atom stereocenters. The van der Waals surface area contributed by atoms with Crippen molar-refractivity contribution in [2.75, 3.05) is 0 Å². The lowest BCUT2D eigenvalue weighted by Gasteiger charge is -1.99. The van der Waals surface area contributed by atoms with E-state index in [1.165, 1.54) is 4.68 Å². The van der Waals surface area contributed by atoms with E-state index in [4.69, 9.17) is 16.9 Å². The first-order valence-corrected chi connectivity index (χ1v) is 4.68. The van der Waals surface area contributed by atoms with E-state index in [2.05, 4.69) is 10.1 Å². The zero-order valence-electron chi connectivity index (χ0n) is 7.98. The Bertz CT molecular complexity index is 524. The van der Waals surface area contributed by atoms with Crippen LogP contribution >= 0.6 is 11.6 Å². The highest BCUT2D eigenvalue weighted by Gasteiger charge is 2.14. The molecule has 0 unspecified atom stereocenters. The summed E-state index contributed by atoms with van der Waals surface area (Å²) in [5.74, 6) is 0.604. The third-order valence-electron chi connectivity index (χ3n) is 1.98. The maximum Gasteiger partial charge on any atom is 0.155 e. The molecule has 0 amide bonds. The molecule has 0 saturated heterocycles. The number of aryl methyl sites for hydroxylation is 1. The molecule has 0 aromatic carbocycles. The summed E-state index contributed by atoms with van der Waals surface area (Å²) in [4.78, 5) is 4.11. The largest absolute Gasteiger partial charge is 0.237 e. The van der Waals surface area contributed by atoms with Crippen LogP contribution in [0.2, 0.25) is 5.15 Å². The molecule has 0 fully saturated rings. The number of nitriles is 1. The van der Waals surface area contributed by atoms with Gasteiger partial charge in [-0.25, -0.2) is 9.67 Å². The minimum atomic E-state index is 0.300. The van der Waals surface area contributed by atoms with Gasteiger partial charge in [-0.1, -0.05) is 17.7 Å². The van der Waals surface area contributed by atoms with Crippen LogP contribution in [0.5, 0.6) is 0 Å². The van der Waals surface area contributed by atoms with Crippen LogP contribution in [0.25, 0.3) is 5.82 Å². The van der Waals surface area contributed by atoms with Crippen molar-refractivity contribution >= 4 is 11.6 Å². The quantitative estimate of drug-likeness (QED) is 0.737. The predicted molar refractivity (Wildman–Crippen MR) is 55.8 cm³/mol. The molecule has 2 aromatic heterocycles. The summed E-state index contributed by atoms with van der Waals surface area (Å²) in [6.45, 7) is 1.74. The van der Waals surface area contributed by atoms with Gasteiger partial charge in [0.1, 0.15) is 11.6 Å². The SMILES string of the molecule is Cc1nn(-c2ccccn2)c(Cl)c1C#N. The smallest absolute Gasteiger partial charge is 0.155 e. The molecule has 0 aliphatic carbocycles. The van der Waals surface area contributed by atoms with Crippen molar-refractivity contribution in [3.8, 4) is 11.9 Å². The van der Waals surface area contributed by atoms with E-state index in [-0.39, 0.29) is 0 Å². The van der Waals surface area contributed by atoms with Crippen LogP contribution in [0.4, 0.5) is 0 Å². The van der Waals surface area contributed by atoms with Crippen LogP contribution in [-0.2, 0) is 0 Å². The van der Waals surface area contributed by atoms with Gasteiger partial charge in [0.2, 0.25) is 0 Å². The van der Waals surface area contributed by atoms with E-state index in [0.29, 0.717) is 22.2 Å². The summed E-state index contributed by atoms with van der Waals surface area (Å²) in [5, 5.41) is 13.3. The highest BCUT2D eigenvalue weighted by Crippen LogP contribution is 2.21. The van der Waals surface area contributed by atoms with Crippen molar-refractivity contribution < 1.29 is 0 Å². The predicted octanol–water partition coefficient (Wildman–Crippen LogP) is 2.10. The van der Waals surface area contributed by atoms with E-state index in [0.717, 1.165) is 0 Å². The van der Waals surface area contributed by atoms with Gasteiger partial charge in [-0.3, -0.25) is 0 Å². The third kappa shape index (κ3) is 1.58. The van der Waals surface area contributed by atoms with Crippen LogP contribution in [0.1, 0.15) is 11.3 Å². The van der Waals surface area contributed by atoms with Gasteiger partial charge >= 0.3 is 0 Å². The number of nitrogens with zero attached hydrogens (tertiary/aromatic N) is 4. The molecule has 0 radical (unpaired) electrons. The molecular weight excluding hydrogens is 212 g/mol. The summed E-state index contributed by atoms with van der Waals surface area (Å²) < 4.78 is 1.45. The van der Waals surface area contributed by atoms with E-state index in [1.54, 1.807) is 25.3 Å². The van der Waals surface area contributed by atoms with E-state index in [9.17, 15) is 0 Å². The average Bonchev–Trinajstić information content (AvgIpc) is 2.55. The van der Waals surface area contributed by atoms with Crippen LogP contribution in [0.3, 0.4) is 0 Å². The zero-order valence-corrected chi connectivity index (χ0v) is 8.73. The highest BCUT2D eigenvalue weighted by atomic mass is 35.5. The molecule has 2 rings (SSSR count). The summed E-state index contributed by atoms with van der Waals surface area (Å²) in [5.41, 5.74) is 0.996.